The van der Waals surface area contributed by atoms with Gasteiger partial charge in [-0.05, 0) is 61.6 Å². The molecule has 3 nitrogen and oxygen atoms in total. The molecule has 2 N–H and O–H groups in total. The Balaban J connectivity index is 2.96. The van der Waals surface area contributed by atoms with Gasteiger partial charge in [0.2, 0.25) is 0 Å². The van der Waals surface area contributed by atoms with Crippen molar-refractivity contribution in [1.82, 2.24) is 5.32 Å². The largest absolute Gasteiger partial charge is 0.508 e. The van der Waals surface area contributed by atoms with E-state index in [2.05, 4.69) is 27.9 Å². The minimum absolute atomic E-state index is 0.106. The number of benzene rings is 1. The normalized spacial score (nSPS) is 11.2. The number of amides is 1. The van der Waals surface area contributed by atoms with Crippen molar-refractivity contribution in [2.45, 2.75) is 26.3 Å². The molecule has 1 amide bonds. The average Bonchev–Trinajstić information content (AvgIpc) is 2.06. The molecule has 0 unspecified atom stereocenters. The van der Waals surface area contributed by atoms with Crippen LogP contribution < -0.4 is 5.32 Å². The van der Waals surface area contributed by atoms with Crippen LogP contribution in [-0.2, 0) is 0 Å². The van der Waals surface area contributed by atoms with Gasteiger partial charge < -0.3 is 10.4 Å². The van der Waals surface area contributed by atoms with Gasteiger partial charge in [0.05, 0.1) is 5.56 Å². The van der Waals surface area contributed by atoms with Crippen LogP contribution in [0.25, 0.3) is 0 Å². The Hall–Kier alpha value is -0.780. The van der Waals surface area contributed by atoms with Gasteiger partial charge in [0.1, 0.15) is 5.75 Å². The summed E-state index contributed by atoms with van der Waals surface area (Å²) in [6.45, 7) is 5.75. The summed E-state index contributed by atoms with van der Waals surface area (Å²) in [7, 11) is 0. The lowest BCUT2D eigenvalue weighted by molar-refractivity contribution is 0.0918. The van der Waals surface area contributed by atoms with Crippen molar-refractivity contribution in [2.75, 3.05) is 0 Å². The summed E-state index contributed by atoms with van der Waals surface area (Å²) >= 11 is 2.07. The Morgan fingerprint density at radius 3 is 2.53 bits per heavy atom. The zero-order valence-corrected chi connectivity index (χ0v) is 11.1. The Morgan fingerprint density at radius 2 is 2.00 bits per heavy atom. The van der Waals surface area contributed by atoms with Crippen molar-refractivity contribution in [2.24, 2.45) is 0 Å². The fourth-order valence-corrected chi connectivity index (χ4v) is 1.68. The van der Waals surface area contributed by atoms with E-state index in [1.807, 2.05) is 20.8 Å². The molecular weight excluding hydrogens is 305 g/mol. The number of nitrogens with one attached hydrogen (secondary N) is 1. The van der Waals surface area contributed by atoms with Gasteiger partial charge in [-0.1, -0.05) is 0 Å². The molecule has 1 rings (SSSR count). The zero-order valence-electron chi connectivity index (χ0n) is 8.97. The summed E-state index contributed by atoms with van der Waals surface area (Å²) in [5, 5.41) is 12.2. The van der Waals surface area contributed by atoms with E-state index in [-0.39, 0.29) is 17.2 Å². The number of phenolic OH excluding ortho intramolecular Hbond substituents is 1. The van der Waals surface area contributed by atoms with Gasteiger partial charge in [-0.15, -0.1) is 0 Å². The third kappa shape index (κ3) is 3.70. The first-order chi connectivity index (χ1) is 6.79. The second kappa shape index (κ2) is 4.38. The van der Waals surface area contributed by atoms with Gasteiger partial charge in [-0.3, -0.25) is 4.79 Å². The fourth-order valence-electron chi connectivity index (χ4n) is 1.10. The molecule has 0 aromatic heterocycles. The van der Waals surface area contributed by atoms with Crippen LogP contribution >= 0.6 is 22.6 Å². The SMILES string of the molecule is CC(C)(C)NC(=O)c1cc(O)ccc1I. The molecule has 82 valence electrons. The van der Waals surface area contributed by atoms with Crippen molar-refractivity contribution < 1.29 is 9.90 Å². The Bertz CT molecular complexity index is 383. The molecule has 0 saturated carbocycles. The van der Waals surface area contributed by atoms with E-state index in [4.69, 9.17) is 0 Å². The summed E-state index contributed by atoms with van der Waals surface area (Å²) in [5.74, 6) is -0.0581. The van der Waals surface area contributed by atoms with Crippen LogP contribution in [0.4, 0.5) is 0 Å². The molecular formula is C11H14INO2. The highest BCUT2D eigenvalue weighted by atomic mass is 127. The molecule has 0 spiro atoms. The molecule has 0 fully saturated rings. The molecule has 0 bridgehead atoms. The van der Waals surface area contributed by atoms with Gasteiger partial charge in [-0.25, -0.2) is 0 Å². The molecule has 4 heteroatoms. The topological polar surface area (TPSA) is 49.3 Å². The lowest BCUT2D eigenvalue weighted by Crippen LogP contribution is -2.40. The third-order valence-electron chi connectivity index (χ3n) is 1.68. The number of rotatable bonds is 1. The number of aromatic hydroxyl groups is 1. The Morgan fingerprint density at radius 1 is 1.40 bits per heavy atom. The van der Waals surface area contributed by atoms with E-state index >= 15 is 0 Å². The van der Waals surface area contributed by atoms with Crippen LogP contribution in [0.1, 0.15) is 31.1 Å². The first kappa shape index (κ1) is 12.3. The van der Waals surface area contributed by atoms with Crippen LogP contribution in [0.3, 0.4) is 0 Å². The third-order valence-corrected chi connectivity index (χ3v) is 2.62. The molecule has 15 heavy (non-hydrogen) atoms. The van der Waals surface area contributed by atoms with Gasteiger partial charge in [0.15, 0.2) is 0 Å². The lowest BCUT2D eigenvalue weighted by atomic mass is 10.1. The predicted molar refractivity (Wildman–Crippen MR) is 68.0 cm³/mol. The fraction of sp³-hybridized carbons (Fsp3) is 0.364. The van der Waals surface area contributed by atoms with E-state index in [9.17, 15) is 9.90 Å². The highest BCUT2D eigenvalue weighted by Gasteiger charge is 2.17. The Kier molecular flexibility index (Phi) is 3.59. The second-order valence-corrected chi connectivity index (χ2v) is 5.53. The van der Waals surface area contributed by atoms with E-state index in [0.29, 0.717) is 5.56 Å². The van der Waals surface area contributed by atoms with Crippen molar-refractivity contribution in [3.05, 3.63) is 27.3 Å². The standard InChI is InChI=1S/C11H14INO2/c1-11(2,3)13-10(15)8-6-7(14)4-5-9(8)12/h4-6,14H,1-3H3,(H,13,15). The first-order valence-corrected chi connectivity index (χ1v) is 5.68. The lowest BCUT2D eigenvalue weighted by Gasteiger charge is -2.20. The van der Waals surface area contributed by atoms with Crippen molar-refractivity contribution >= 4 is 28.5 Å². The average molecular weight is 319 g/mol. The minimum Gasteiger partial charge on any atom is -0.508 e. The second-order valence-electron chi connectivity index (χ2n) is 4.37. The van der Waals surface area contributed by atoms with Crippen LogP contribution in [0.15, 0.2) is 18.2 Å². The Labute approximate surface area is 103 Å². The maximum absolute atomic E-state index is 11.8. The van der Waals surface area contributed by atoms with Crippen molar-refractivity contribution in [3.8, 4) is 5.75 Å². The maximum Gasteiger partial charge on any atom is 0.252 e. The number of hydrogen-bond acceptors (Lipinski definition) is 2. The quantitative estimate of drug-likeness (QED) is 0.782. The van der Waals surface area contributed by atoms with E-state index in [0.717, 1.165) is 3.57 Å². The van der Waals surface area contributed by atoms with Crippen LogP contribution in [0.2, 0.25) is 0 Å². The molecule has 0 aliphatic carbocycles. The van der Waals surface area contributed by atoms with Gasteiger partial charge in [0, 0.05) is 9.11 Å². The molecule has 1 aromatic rings. The molecule has 0 heterocycles. The van der Waals surface area contributed by atoms with Crippen molar-refractivity contribution in [1.29, 1.82) is 0 Å². The zero-order chi connectivity index (χ0) is 11.6. The van der Waals surface area contributed by atoms with Crippen LogP contribution in [0.5, 0.6) is 5.75 Å². The summed E-state index contributed by atoms with van der Waals surface area (Å²) in [6, 6.07) is 4.76. The molecule has 0 aliphatic rings. The number of carbonyl (C=O) groups excluding carboxylic acids is 1. The van der Waals surface area contributed by atoms with Crippen LogP contribution in [0, 0.1) is 3.57 Å². The number of phenols is 1. The number of halogens is 1. The minimum atomic E-state index is -0.272. The first-order valence-electron chi connectivity index (χ1n) is 4.60. The maximum atomic E-state index is 11.8. The molecule has 0 radical (unpaired) electrons. The van der Waals surface area contributed by atoms with E-state index in [1.165, 1.54) is 6.07 Å². The highest BCUT2D eigenvalue weighted by molar-refractivity contribution is 14.1. The van der Waals surface area contributed by atoms with Crippen molar-refractivity contribution in [3.63, 3.8) is 0 Å². The summed E-state index contributed by atoms with van der Waals surface area (Å²) in [6.07, 6.45) is 0. The van der Waals surface area contributed by atoms with Gasteiger partial charge >= 0.3 is 0 Å². The summed E-state index contributed by atoms with van der Waals surface area (Å²) in [5.41, 5.74) is 0.233. The molecule has 0 aliphatic heterocycles. The van der Waals surface area contributed by atoms with Gasteiger partial charge in [-0.2, -0.15) is 0 Å². The number of carbonyl (C=O) groups is 1. The number of hydrogen-bond donors (Lipinski definition) is 2. The molecule has 0 saturated heterocycles. The summed E-state index contributed by atoms with van der Waals surface area (Å²) < 4.78 is 0.826. The van der Waals surface area contributed by atoms with Gasteiger partial charge in [0.25, 0.3) is 5.91 Å². The molecule has 1 aromatic carbocycles. The monoisotopic (exact) mass is 319 g/mol. The van der Waals surface area contributed by atoms with E-state index in [1.54, 1.807) is 12.1 Å². The van der Waals surface area contributed by atoms with E-state index < -0.39 is 0 Å². The molecule has 0 atom stereocenters. The summed E-state index contributed by atoms with van der Waals surface area (Å²) in [4.78, 5) is 11.8. The predicted octanol–water partition coefficient (Wildman–Crippen LogP) is 2.53. The smallest absolute Gasteiger partial charge is 0.252 e. The van der Waals surface area contributed by atoms with Crippen LogP contribution in [-0.4, -0.2) is 16.6 Å². The highest BCUT2D eigenvalue weighted by Crippen LogP contribution is 2.19.